The van der Waals surface area contributed by atoms with E-state index in [9.17, 15) is 18.4 Å². The number of ether oxygens (including phenoxy) is 1. The summed E-state index contributed by atoms with van der Waals surface area (Å²) in [6.07, 6.45) is 1.29. The summed E-state index contributed by atoms with van der Waals surface area (Å²) in [5.74, 6) is -1.91. The van der Waals surface area contributed by atoms with E-state index in [0.29, 0.717) is 31.7 Å². The van der Waals surface area contributed by atoms with E-state index in [-0.39, 0.29) is 18.0 Å². The van der Waals surface area contributed by atoms with E-state index in [1.54, 1.807) is 7.11 Å². The van der Waals surface area contributed by atoms with Gasteiger partial charge in [-0.1, -0.05) is 12.1 Å². The molecule has 0 aliphatic carbocycles. The molecule has 5 nitrogen and oxygen atoms in total. The molecule has 0 radical (unpaired) electrons. The first kappa shape index (κ1) is 20.8. The van der Waals surface area contributed by atoms with Crippen molar-refractivity contribution < 1.29 is 23.1 Å². The molecule has 154 valence electrons. The lowest BCUT2D eigenvalue weighted by Crippen LogP contribution is -2.51. The van der Waals surface area contributed by atoms with E-state index in [4.69, 9.17) is 4.74 Å². The Morgan fingerprint density at radius 3 is 2.69 bits per heavy atom. The molecule has 2 aromatic rings. The first-order valence-corrected chi connectivity index (χ1v) is 9.48. The van der Waals surface area contributed by atoms with E-state index >= 15 is 0 Å². The van der Waals surface area contributed by atoms with Crippen molar-refractivity contribution in [1.29, 1.82) is 0 Å². The van der Waals surface area contributed by atoms with Gasteiger partial charge in [-0.15, -0.1) is 0 Å². The molecule has 1 atom stereocenters. The van der Waals surface area contributed by atoms with E-state index < -0.39 is 23.0 Å². The number of nitrogens with one attached hydrogen (secondary N) is 1. The fourth-order valence-corrected chi connectivity index (χ4v) is 3.59. The van der Waals surface area contributed by atoms with Crippen LogP contribution in [0.3, 0.4) is 0 Å². The molecule has 1 aliphatic rings. The zero-order valence-corrected chi connectivity index (χ0v) is 16.5. The maximum Gasteiger partial charge on any atom is 0.253 e. The summed E-state index contributed by atoms with van der Waals surface area (Å²) in [6.45, 7) is 2.85. The van der Waals surface area contributed by atoms with Crippen LogP contribution in [0.5, 0.6) is 5.75 Å². The van der Waals surface area contributed by atoms with Gasteiger partial charge in [-0.3, -0.25) is 9.59 Å². The average Bonchev–Trinajstić information content (AvgIpc) is 2.73. The minimum atomic E-state index is -1.06. The fraction of sp³-hybridized carbons (Fsp3) is 0.364. The van der Waals surface area contributed by atoms with Crippen molar-refractivity contribution >= 4 is 11.8 Å². The van der Waals surface area contributed by atoms with Crippen LogP contribution < -0.4 is 10.1 Å². The molecule has 3 rings (SSSR count). The number of carbonyl (C=O) groups is 2. The molecule has 1 saturated heterocycles. The first-order valence-electron chi connectivity index (χ1n) is 9.48. The number of hydrogen-bond donors (Lipinski definition) is 1. The molecule has 0 bridgehead atoms. The molecule has 1 aliphatic heterocycles. The number of amides is 2. The van der Waals surface area contributed by atoms with Gasteiger partial charge in [-0.05, 0) is 55.7 Å². The highest BCUT2D eigenvalue weighted by Crippen LogP contribution is 2.31. The largest absolute Gasteiger partial charge is 0.497 e. The molecule has 2 aromatic carbocycles. The van der Waals surface area contributed by atoms with Crippen LogP contribution in [0.25, 0.3) is 0 Å². The maximum atomic E-state index is 13.5. The van der Waals surface area contributed by atoms with Crippen LogP contribution in [0.2, 0.25) is 0 Å². The predicted molar refractivity (Wildman–Crippen MR) is 104 cm³/mol. The lowest BCUT2D eigenvalue weighted by atomic mass is 9.80. The smallest absolute Gasteiger partial charge is 0.253 e. The standard InChI is InChI=1S/C22H24F2N2O3/c1-22(21(28)25-13-15-5-3-6-17(11-15)29-2)9-4-10-26(14-22)20(27)16-7-8-18(23)19(24)12-16/h3,5-8,11-12H,4,9-10,13-14H2,1-2H3,(H,25,28)/t22-/m1/s1. The van der Waals surface area contributed by atoms with Gasteiger partial charge < -0.3 is 15.0 Å². The Hall–Kier alpha value is -2.96. The highest BCUT2D eigenvalue weighted by atomic mass is 19.2. The molecule has 0 unspecified atom stereocenters. The van der Waals surface area contributed by atoms with Crippen LogP contribution in [0.1, 0.15) is 35.7 Å². The molecule has 0 spiro atoms. The van der Waals surface area contributed by atoms with E-state index in [1.165, 1.54) is 11.0 Å². The topological polar surface area (TPSA) is 58.6 Å². The number of piperidine rings is 1. The van der Waals surface area contributed by atoms with Crippen LogP contribution in [0.15, 0.2) is 42.5 Å². The second-order valence-corrected chi connectivity index (χ2v) is 7.55. The van der Waals surface area contributed by atoms with Gasteiger partial charge in [-0.2, -0.15) is 0 Å². The molecule has 1 heterocycles. The molecule has 29 heavy (non-hydrogen) atoms. The zero-order chi connectivity index (χ0) is 21.0. The Morgan fingerprint density at radius 2 is 1.97 bits per heavy atom. The molecule has 7 heteroatoms. The molecule has 0 saturated carbocycles. The summed E-state index contributed by atoms with van der Waals surface area (Å²) in [7, 11) is 1.58. The van der Waals surface area contributed by atoms with Crippen LogP contribution >= 0.6 is 0 Å². The van der Waals surface area contributed by atoms with Gasteiger partial charge in [0.25, 0.3) is 5.91 Å². The number of halogens is 2. The Labute approximate surface area is 168 Å². The quantitative estimate of drug-likeness (QED) is 0.832. The van der Waals surface area contributed by atoms with E-state index in [2.05, 4.69) is 5.32 Å². The monoisotopic (exact) mass is 402 g/mol. The van der Waals surface area contributed by atoms with Crippen molar-refractivity contribution in [2.24, 2.45) is 5.41 Å². The summed E-state index contributed by atoms with van der Waals surface area (Å²) < 4.78 is 31.8. The lowest BCUT2D eigenvalue weighted by Gasteiger charge is -2.39. The number of methoxy groups -OCH3 is 1. The normalized spacial score (nSPS) is 19.0. The lowest BCUT2D eigenvalue weighted by molar-refractivity contribution is -0.132. The Balaban J connectivity index is 1.66. The number of hydrogen-bond acceptors (Lipinski definition) is 3. The van der Waals surface area contributed by atoms with Crippen LogP contribution in [-0.4, -0.2) is 36.9 Å². The number of nitrogens with zero attached hydrogens (tertiary/aromatic N) is 1. The van der Waals surface area contributed by atoms with Crippen molar-refractivity contribution in [3.63, 3.8) is 0 Å². The van der Waals surface area contributed by atoms with Gasteiger partial charge >= 0.3 is 0 Å². The number of rotatable bonds is 5. The summed E-state index contributed by atoms with van der Waals surface area (Å²) in [4.78, 5) is 27.1. The SMILES string of the molecule is COc1cccc(CNC(=O)[C@]2(C)CCCN(C(=O)c3ccc(F)c(F)c3)C2)c1. The second kappa shape index (κ2) is 8.59. The van der Waals surface area contributed by atoms with Crippen LogP contribution in [0, 0.1) is 17.0 Å². The van der Waals surface area contributed by atoms with E-state index in [1.807, 2.05) is 31.2 Å². The summed E-state index contributed by atoms with van der Waals surface area (Å²) >= 11 is 0. The zero-order valence-electron chi connectivity index (χ0n) is 16.5. The van der Waals surface area contributed by atoms with Crippen molar-refractivity contribution in [3.05, 3.63) is 65.2 Å². The van der Waals surface area contributed by atoms with Gasteiger partial charge in [0.1, 0.15) is 5.75 Å². The Bertz CT molecular complexity index is 919. The molecular weight excluding hydrogens is 378 g/mol. The molecular formula is C22H24F2N2O3. The van der Waals surface area contributed by atoms with Crippen molar-refractivity contribution in [1.82, 2.24) is 10.2 Å². The van der Waals surface area contributed by atoms with Gasteiger partial charge in [0, 0.05) is 25.2 Å². The third-order valence-corrected chi connectivity index (χ3v) is 5.29. The van der Waals surface area contributed by atoms with E-state index in [0.717, 1.165) is 17.7 Å². The predicted octanol–water partition coefficient (Wildman–Crippen LogP) is 3.53. The molecule has 0 aromatic heterocycles. The van der Waals surface area contributed by atoms with Crippen LogP contribution in [0.4, 0.5) is 8.78 Å². The molecule has 2 amide bonds. The highest BCUT2D eigenvalue weighted by molar-refractivity contribution is 5.95. The number of benzene rings is 2. The minimum absolute atomic E-state index is 0.0740. The number of likely N-dealkylation sites (tertiary alicyclic amines) is 1. The average molecular weight is 402 g/mol. The minimum Gasteiger partial charge on any atom is -0.497 e. The summed E-state index contributed by atoms with van der Waals surface area (Å²) in [5, 5.41) is 2.93. The van der Waals surface area contributed by atoms with Crippen molar-refractivity contribution in [3.8, 4) is 5.75 Å². The van der Waals surface area contributed by atoms with Gasteiger partial charge in [0.05, 0.1) is 12.5 Å². The first-order chi connectivity index (χ1) is 13.8. The fourth-order valence-electron chi connectivity index (χ4n) is 3.59. The summed E-state index contributed by atoms with van der Waals surface area (Å²) in [5.41, 5.74) is 0.225. The third kappa shape index (κ3) is 4.72. The highest BCUT2D eigenvalue weighted by Gasteiger charge is 2.39. The van der Waals surface area contributed by atoms with Gasteiger partial charge in [0.15, 0.2) is 11.6 Å². The molecule has 1 fully saturated rings. The third-order valence-electron chi connectivity index (χ3n) is 5.29. The molecule has 1 N–H and O–H groups in total. The Morgan fingerprint density at radius 1 is 1.17 bits per heavy atom. The van der Waals surface area contributed by atoms with Crippen molar-refractivity contribution in [2.75, 3.05) is 20.2 Å². The van der Waals surface area contributed by atoms with Gasteiger partial charge in [-0.25, -0.2) is 8.78 Å². The van der Waals surface area contributed by atoms with Crippen molar-refractivity contribution in [2.45, 2.75) is 26.3 Å². The second-order valence-electron chi connectivity index (χ2n) is 7.55. The van der Waals surface area contributed by atoms with Gasteiger partial charge in [0.2, 0.25) is 5.91 Å². The van der Waals surface area contributed by atoms with Crippen LogP contribution in [-0.2, 0) is 11.3 Å². The Kier molecular flexibility index (Phi) is 6.15. The maximum absolute atomic E-state index is 13.5. The number of carbonyl (C=O) groups excluding carboxylic acids is 2. The summed E-state index contributed by atoms with van der Waals surface area (Å²) in [6, 6.07) is 10.5.